The van der Waals surface area contributed by atoms with Gasteiger partial charge in [0.2, 0.25) is 5.91 Å². The number of fused-ring (bicyclic) bond motifs is 2. The van der Waals surface area contributed by atoms with E-state index in [1.807, 2.05) is 4.90 Å². The molecule has 0 aromatic heterocycles. The number of hydrogen-bond donors (Lipinski definition) is 1. The number of carboxylic acids is 1. The molecule has 1 heterocycles. The normalized spacial score (nSPS) is 39.9. The van der Waals surface area contributed by atoms with E-state index in [9.17, 15) is 14.7 Å². The predicted molar refractivity (Wildman–Crippen MR) is 61.3 cm³/mol. The Morgan fingerprint density at radius 3 is 2.18 bits per heavy atom. The third-order valence-corrected chi connectivity index (χ3v) is 4.90. The molecule has 1 amide bonds. The average Bonchev–Trinajstić information content (AvgIpc) is 3.02. The third-order valence-electron chi connectivity index (χ3n) is 4.90. The minimum atomic E-state index is -0.755. The van der Waals surface area contributed by atoms with Crippen LogP contribution in [0.3, 0.4) is 0 Å². The molecule has 94 valence electrons. The Hall–Kier alpha value is -1.06. The van der Waals surface area contributed by atoms with Crippen LogP contribution in [0.2, 0.25) is 0 Å². The van der Waals surface area contributed by atoms with Gasteiger partial charge in [0.1, 0.15) is 0 Å². The number of carbonyl (C=O) groups is 2. The summed E-state index contributed by atoms with van der Waals surface area (Å²) in [5, 5.41) is 9.33. The zero-order chi connectivity index (χ0) is 12.0. The number of likely N-dealkylation sites (tertiary alicyclic amines) is 1. The zero-order valence-electron chi connectivity index (χ0n) is 9.97. The van der Waals surface area contributed by atoms with Crippen LogP contribution in [0, 0.1) is 23.7 Å². The first-order chi connectivity index (χ1) is 8.18. The van der Waals surface area contributed by atoms with E-state index < -0.39 is 11.9 Å². The van der Waals surface area contributed by atoms with Gasteiger partial charge in [-0.05, 0) is 43.9 Å². The quantitative estimate of drug-likeness (QED) is 0.788. The number of carbonyl (C=O) groups excluding carboxylic acids is 1. The Bertz CT molecular complexity index is 349. The van der Waals surface area contributed by atoms with E-state index in [0.29, 0.717) is 5.92 Å². The van der Waals surface area contributed by atoms with Crippen molar-refractivity contribution in [3.05, 3.63) is 0 Å². The minimum Gasteiger partial charge on any atom is -0.481 e. The van der Waals surface area contributed by atoms with Crippen molar-refractivity contribution in [3.8, 4) is 0 Å². The van der Waals surface area contributed by atoms with Gasteiger partial charge >= 0.3 is 5.97 Å². The Morgan fingerprint density at radius 1 is 1.00 bits per heavy atom. The first kappa shape index (κ1) is 11.1. The van der Waals surface area contributed by atoms with Crippen LogP contribution in [0.5, 0.6) is 0 Å². The molecule has 3 rings (SSSR count). The summed E-state index contributed by atoms with van der Waals surface area (Å²) in [4.78, 5) is 25.7. The highest BCUT2D eigenvalue weighted by Crippen LogP contribution is 2.53. The van der Waals surface area contributed by atoms with Gasteiger partial charge in [0, 0.05) is 13.1 Å². The van der Waals surface area contributed by atoms with Crippen LogP contribution in [-0.4, -0.2) is 35.0 Å². The maximum Gasteiger partial charge on any atom is 0.307 e. The van der Waals surface area contributed by atoms with Gasteiger partial charge in [-0.2, -0.15) is 0 Å². The smallest absolute Gasteiger partial charge is 0.307 e. The first-order valence-corrected chi connectivity index (χ1v) is 6.70. The van der Waals surface area contributed by atoms with Crippen LogP contribution in [0.15, 0.2) is 0 Å². The van der Waals surface area contributed by atoms with Crippen LogP contribution in [-0.2, 0) is 9.59 Å². The van der Waals surface area contributed by atoms with Gasteiger partial charge in [-0.25, -0.2) is 0 Å². The predicted octanol–water partition coefficient (Wildman–Crippen LogP) is 1.36. The fourth-order valence-electron chi connectivity index (χ4n) is 4.15. The summed E-state index contributed by atoms with van der Waals surface area (Å²) in [6.07, 6.45) is 5.17. The number of hydrogen-bond acceptors (Lipinski definition) is 2. The second-order valence-electron chi connectivity index (χ2n) is 5.76. The second kappa shape index (κ2) is 4.00. The summed E-state index contributed by atoms with van der Waals surface area (Å²) in [7, 11) is 0. The van der Waals surface area contributed by atoms with Crippen molar-refractivity contribution in [2.24, 2.45) is 23.7 Å². The van der Waals surface area contributed by atoms with Crippen molar-refractivity contribution in [1.29, 1.82) is 0 Å². The summed E-state index contributed by atoms with van der Waals surface area (Å²) < 4.78 is 0. The van der Waals surface area contributed by atoms with E-state index in [1.54, 1.807) is 0 Å². The molecular formula is C13H19NO3. The fraction of sp³-hybridized carbons (Fsp3) is 0.846. The molecule has 17 heavy (non-hydrogen) atoms. The van der Waals surface area contributed by atoms with Gasteiger partial charge in [-0.3, -0.25) is 9.59 Å². The lowest BCUT2D eigenvalue weighted by atomic mass is 9.78. The molecule has 1 saturated heterocycles. The standard InChI is InChI=1S/C13H19NO3/c15-12(14-5-1-2-6-14)10-8-3-4-9(7-8)11(10)13(16)17/h8-11H,1-7H2,(H,16,17)/t8-,9-,10-,11+/m0/s1. The van der Waals surface area contributed by atoms with E-state index in [2.05, 4.69) is 0 Å². The molecular weight excluding hydrogens is 218 g/mol. The Balaban J connectivity index is 1.80. The van der Waals surface area contributed by atoms with E-state index in [0.717, 1.165) is 45.2 Å². The molecule has 4 heteroatoms. The van der Waals surface area contributed by atoms with E-state index in [1.165, 1.54) is 0 Å². The van der Waals surface area contributed by atoms with Gasteiger partial charge in [0.15, 0.2) is 0 Å². The lowest BCUT2D eigenvalue weighted by Crippen LogP contribution is -2.42. The Kier molecular flexibility index (Phi) is 2.60. The minimum absolute atomic E-state index is 0.127. The maximum atomic E-state index is 12.4. The molecule has 1 aliphatic heterocycles. The van der Waals surface area contributed by atoms with Gasteiger partial charge < -0.3 is 10.0 Å². The molecule has 4 atom stereocenters. The highest BCUT2D eigenvalue weighted by Gasteiger charge is 2.54. The van der Waals surface area contributed by atoms with Crippen molar-refractivity contribution in [2.45, 2.75) is 32.1 Å². The molecule has 0 aromatic rings. The lowest BCUT2D eigenvalue weighted by Gasteiger charge is -2.30. The maximum absolute atomic E-state index is 12.4. The third kappa shape index (κ3) is 1.65. The average molecular weight is 237 g/mol. The zero-order valence-corrected chi connectivity index (χ0v) is 9.97. The highest BCUT2D eigenvalue weighted by molar-refractivity contribution is 5.86. The molecule has 1 N–H and O–H groups in total. The SMILES string of the molecule is O=C(O)[C@@H]1[C@H]2CC[C@@H](C2)[C@@H]1C(=O)N1CCCC1. The molecule has 2 bridgehead atoms. The van der Waals surface area contributed by atoms with Crippen LogP contribution < -0.4 is 0 Å². The fourth-order valence-corrected chi connectivity index (χ4v) is 4.15. The monoisotopic (exact) mass is 237 g/mol. The number of aliphatic carboxylic acids is 1. The molecule has 0 unspecified atom stereocenters. The van der Waals surface area contributed by atoms with Crippen molar-refractivity contribution in [2.75, 3.05) is 13.1 Å². The molecule has 3 aliphatic rings. The summed E-state index contributed by atoms with van der Waals surface area (Å²) in [5.74, 6) is -0.647. The molecule has 2 saturated carbocycles. The molecule has 0 radical (unpaired) electrons. The Labute approximate surface area is 101 Å². The highest BCUT2D eigenvalue weighted by atomic mass is 16.4. The molecule has 0 spiro atoms. The topological polar surface area (TPSA) is 57.6 Å². The van der Waals surface area contributed by atoms with Crippen molar-refractivity contribution in [3.63, 3.8) is 0 Å². The van der Waals surface area contributed by atoms with E-state index in [4.69, 9.17) is 0 Å². The number of carboxylic acid groups (broad SMARTS) is 1. The van der Waals surface area contributed by atoms with Crippen LogP contribution in [0.25, 0.3) is 0 Å². The van der Waals surface area contributed by atoms with Crippen LogP contribution >= 0.6 is 0 Å². The summed E-state index contributed by atoms with van der Waals surface area (Å²) in [6.45, 7) is 1.66. The summed E-state index contributed by atoms with van der Waals surface area (Å²) >= 11 is 0. The van der Waals surface area contributed by atoms with Crippen molar-refractivity contribution >= 4 is 11.9 Å². The van der Waals surface area contributed by atoms with E-state index >= 15 is 0 Å². The van der Waals surface area contributed by atoms with Gasteiger partial charge in [0.05, 0.1) is 11.8 Å². The first-order valence-electron chi connectivity index (χ1n) is 6.70. The van der Waals surface area contributed by atoms with E-state index in [-0.39, 0.29) is 17.7 Å². The summed E-state index contributed by atoms with van der Waals surface area (Å²) in [6, 6.07) is 0. The number of rotatable bonds is 2. The molecule has 2 aliphatic carbocycles. The lowest BCUT2D eigenvalue weighted by molar-refractivity contribution is -0.152. The largest absolute Gasteiger partial charge is 0.481 e. The van der Waals surface area contributed by atoms with Crippen molar-refractivity contribution in [1.82, 2.24) is 4.90 Å². The van der Waals surface area contributed by atoms with Crippen molar-refractivity contribution < 1.29 is 14.7 Å². The number of amides is 1. The van der Waals surface area contributed by atoms with Gasteiger partial charge in [0.25, 0.3) is 0 Å². The second-order valence-corrected chi connectivity index (χ2v) is 5.76. The molecule has 4 nitrogen and oxygen atoms in total. The van der Waals surface area contributed by atoms with Crippen LogP contribution in [0.1, 0.15) is 32.1 Å². The summed E-state index contributed by atoms with van der Waals surface area (Å²) in [5.41, 5.74) is 0. The Morgan fingerprint density at radius 2 is 1.59 bits per heavy atom. The van der Waals surface area contributed by atoms with Gasteiger partial charge in [-0.15, -0.1) is 0 Å². The van der Waals surface area contributed by atoms with Crippen LogP contribution in [0.4, 0.5) is 0 Å². The number of nitrogens with zero attached hydrogens (tertiary/aromatic N) is 1. The van der Waals surface area contributed by atoms with Gasteiger partial charge in [-0.1, -0.05) is 0 Å². The molecule has 3 fully saturated rings. The molecule has 0 aromatic carbocycles.